The number of aryl methyl sites for hydroxylation is 1. The van der Waals surface area contributed by atoms with E-state index in [2.05, 4.69) is 11.8 Å². The molecule has 19 heavy (non-hydrogen) atoms. The molecule has 0 fully saturated rings. The van der Waals surface area contributed by atoms with Crippen LogP contribution in [0.25, 0.3) is 0 Å². The lowest BCUT2D eigenvalue weighted by Gasteiger charge is -2.07. The van der Waals surface area contributed by atoms with Gasteiger partial charge in [-0.15, -0.1) is 0 Å². The van der Waals surface area contributed by atoms with Crippen LogP contribution in [0.4, 0.5) is 0 Å². The molecule has 0 aliphatic rings. The standard InChI is InChI=1S/C16H22O3/c1-14-13-16(19-12-6-5-11-18-2)9-8-15(14)7-3-4-10-17/h8-9,13,17H,4-6,10-12H2,1-2H3. The zero-order valence-corrected chi connectivity index (χ0v) is 11.7. The maximum Gasteiger partial charge on any atom is 0.119 e. The summed E-state index contributed by atoms with van der Waals surface area (Å²) in [6.45, 7) is 3.61. The lowest BCUT2D eigenvalue weighted by Crippen LogP contribution is -2.00. The van der Waals surface area contributed by atoms with Crippen molar-refractivity contribution in [2.75, 3.05) is 26.9 Å². The maximum atomic E-state index is 8.68. The summed E-state index contributed by atoms with van der Waals surface area (Å²) >= 11 is 0. The van der Waals surface area contributed by atoms with Crippen LogP contribution in [-0.4, -0.2) is 32.0 Å². The second kappa shape index (κ2) is 9.43. The number of unbranched alkanes of at least 4 members (excludes halogenated alkanes) is 1. The van der Waals surface area contributed by atoms with Gasteiger partial charge in [-0.05, 0) is 43.5 Å². The molecule has 1 rings (SSSR count). The van der Waals surface area contributed by atoms with E-state index in [0.717, 1.165) is 36.3 Å². The van der Waals surface area contributed by atoms with Gasteiger partial charge in [0.05, 0.1) is 13.2 Å². The third-order valence-electron chi connectivity index (χ3n) is 2.67. The van der Waals surface area contributed by atoms with Crippen molar-refractivity contribution in [3.63, 3.8) is 0 Å². The predicted molar refractivity (Wildman–Crippen MR) is 76.4 cm³/mol. The summed E-state index contributed by atoms with van der Waals surface area (Å²) in [5.74, 6) is 6.84. The summed E-state index contributed by atoms with van der Waals surface area (Å²) < 4.78 is 10.7. The first kappa shape index (κ1) is 15.6. The number of methoxy groups -OCH3 is 1. The zero-order valence-electron chi connectivity index (χ0n) is 11.7. The van der Waals surface area contributed by atoms with Crippen LogP contribution < -0.4 is 4.74 Å². The summed E-state index contributed by atoms with van der Waals surface area (Å²) in [5, 5.41) is 8.68. The molecule has 0 saturated heterocycles. The van der Waals surface area contributed by atoms with Gasteiger partial charge in [-0.25, -0.2) is 0 Å². The van der Waals surface area contributed by atoms with Crippen molar-refractivity contribution in [1.29, 1.82) is 0 Å². The number of benzene rings is 1. The highest BCUT2D eigenvalue weighted by atomic mass is 16.5. The molecule has 1 N–H and O–H groups in total. The van der Waals surface area contributed by atoms with Crippen LogP contribution in [0.15, 0.2) is 18.2 Å². The largest absolute Gasteiger partial charge is 0.494 e. The van der Waals surface area contributed by atoms with E-state index in [1.165, 1.54) is 0 Å². The topological polar surface area (TPSA) is 38.7 Å². The van der Waals surface area contributed by atoms with E-state index in [4.69, 9.17) is 14.6 Å². The fourth-order valence-electron chi connectivity index (χ4n) is 1.62. The zero-order chi connectivity index (χ0) is 13.9. The van der Waals surface area contributed by atoms with Crippen molar-refractivity contribution in [1.82, 2.24) is 0 Å². The molecule has 0 amide bonds. The van der Waals surface area contributed by atoms with E-state index in [-0.39, 0.29) is 6.61 Å². The molecule has 0 spiro atoms. The molecule has 0 saturated carbocycles. The van der Waals surface area contributed by atoms with Crippen molar-refractivity contribution in [3.8, 4) is 17.6 Å². The molecule has 0 atom stereocenters. The van der Waals surface area contributed by atoms with E-state index in [1.54, 1.807) is 7.11 Å². The molecule has 0 bridgehead atoms. The summed E-state index contributed by atoms with van der Waals surface area (Å²) in [7, 11) is 1.71. The van der Waals surface area contributed by atoms with E-state index < -0.39 is 0 Å². The molecule has 3 heteroatoms. The quantitative estimate of drug-likeness (QED) is 0.606. The van der Waals surface area contributed by atoms with Gasteiger partial charge < -0.3 is 14.6 Å². The lowest BCUT2D eigenvalue weighted by atomic mass is 10.1. The number of hydrogen-bond donors (Lipinski definition) is 1. The Labute approximate surface area is 115 Å². The normalized spacial score (nSPS) is 9.84. The predicted octanol–water partition coefficient (Wildman–Crippen LogP) is 2.53. The van der Waals surface area contributed by atoms with E-state index in [1.807, 2.05) is 25.1 Å². The SMILES string of the molecule is COCCCCOc1ccc(C#CCCO)c(C)c1. The van der Waals surface area contributed by atoms with Gasteiger partial charge in [0.15, 0.2) is 0 Å². The van der Waals surface area contributed by atoms with Gasteiger partial charge >= 0.3 is 0 Å². The van der Waals surface area contributed by atoms with Crippen LogP contribution in [0.2, 0.25) is 0 Å². The number of hydrogen-bond acceptors (Lipinski definition) is 3. The highest BCUT2D eigenvalue weighted by Gasteiger charge is 1.99. The molecule has 3 nitrogen and oxygen atoms in total. The lowest BCUT2D eigenvalue weighted by molar-refractivity contribution is 0.184. The number of rotatable bonds is 7. The Morgan fingerprint density at radius 2 is 2.00 bits per heavy atom. The minimum Gasteiger partial charge on any atom is -0.494 e. The molecule has 0 aliphatic carbocycles. The molecule has 0 heterocycles. The van der Waals surface area contributed by atoms with Crippen molar-refractivity contribution in [2.24, 2.45) is 0 Å². The van der Waals surface area contributed by atoms with E-state index in [0.29, 0.717) is 13.0 Å². The Balaban J connectivity index is 2.46. The van der Waals surface area contributed by atoms with Crippen LogP contribution in [0.3, 0.4) is 0 Å². The van der Waals surface area contributed by atoms with E-state index >= 15 is 0 Å². The minimum absolute atomic E-state index is 0.106. The fraction of sp³-hybridized carbons (Fsp3) is 0.500. The maximum absolute atomic E-state index is 8.68. The molecule has 0 aromatic heterocycles. The third kappa shape index (κ3) is 6.28. The molecule has 104 valence electrons. The van der Waals surface area contributed by atoms with Gasteiger partial charge in [-0.2, -0.15) is 0 Å². The number of ether oxygens (including phenoxy) is 2. The van der Waals surface area contributed by atoms with Crippen LogP contribution in [-0.2, 0) is 4.74 Å². The number of aliphatic hydroxyl groups excluding tert-OH is 1. The highest BCUT2D eigenvalue weighted by molar-refractivity contribution is 5.44. The van der Waals surface area contributed by atoms with Crippen LogP contribution in [0.5, 0.6) is 5.75 Å². The van der Waals surface area contributed by atoms with Crippen molar-refractivity contribution in [3.05, 3.63) is 29.3 Å². The molecule has 0 aliphatic heterocycles. The Hall–Kier alpha value is -1.50. The van der Waals surface area contributed by atoms with Gasteiger partial charge in [0, 0.05) is 25.7 Å². The van der Waals surface area contributed by atoms with Crippen molar-refractivity contribution in [2.45, 2.75) is 26.2 Å². The first-order chi connectivity index (χ1) is 9.27. The summed E-state index contributed by atoms with van der Waals surface area (Å²) in [6.07, 6.45) is 2.52. The molecule has 1 aromatic carbocycles. The van der Waals surface area contributed by atoms with Crippen molar-refractivity contribution >= 4 is 0 Å². The van der Waals surface area contributed by atoms with Gasteiger partial charge in [0.25, 0.3) is 0 Å². The van der Waals surface area contributed by atoms with Gasteiger partial charge in [-0.3, -0.25) is 0 Å². The van der Waals surface area contributed by atoms with Crippen LogP contribution in [0.1, 0.15) is 30.4 Å². The first-order valence-corrected chi connectivity index (χ1v) is 6.60. The monoisotopic (exact) mass is 262 g/mol. The first-order valence-electron chi connectivity index (χ1n) is 6.60. The van der Waals surface area contributed by atoms with E-state index in [9.17, 15) is 0 Å². The molecular formula is C16H22O3. The van der Waals surface area contributed by atoms with Crippen LogP contribution in [0, 0.1) is 18.8 Å². The van der Waals surface area contributed by atoms with Crippen molar-refractivity contribution < 1.29 is 14.6 Å². The van der Waals surface area contributed by atoms with Gasteiger partial charge in [-0.1, -0.05) is 11.8 Å². The summed E-state index contributed by atoms with van der Waals surface area (Å²) in [4.78, 5) is 0. The Morgan fingerprint density at radius 3 is 2.68 bits per heavy atom. The van der Waals surface area contributed by atoms with Crippen LogP contribution >= 0.6 is 0 Å². The summed E-state index contributed by atoms with van der Waals surface area (Å²) in [6, 6.07) is 5.90. The average molecular weight is 262 g/mol. The summed E-state index contributed by atoms with van der Waals surface area (Å²) in [5.41, 5.74) is 2.08. The second-order valence-corrected chi connectivity index (χ2v) is 4.30. The Morgan fingerprint density at radius 1 is 1.21 bits per heavy atom. The number of aliphatic hydroxyl groups is 1. The van der Waals surface area contributed by atoms with Gasteiger partial charge in [0.1, 0.15) is 5.75 Å². The Kier molecular flexibility index (Phi) is 7.72. The third-order valence-corrected chi connectivity index (χ3v) is 2.67. The second-order valence-electron chi connectivity index (χ2n) is 4.30. The fourth-order valence-corrected chi connectivity index (χ4v) is 1.62. The molecule has 0 unspecified atom stereocenters. The minimum atomic E-state index is 0.106. The molecule has 0 radical (unpaired) electrons. The smallest absolute Gasteiger partial charge is 0.119 e. The highest BCUT2D eigenvalue weighted by Crippen LogP contribution is 2.17. The Bertz CT molecular complexity index is 429. The molecule has 1 aromatic rings. The average Bonchev–Trinajstić information content (AvgIpc) is 2.41. The molecular weight excluding hydrogens is 240 g/mol. The van der Waals surface area contributed by atoms with Gasteiger partial charge in [0.2, 0.25) is 0 Å².